The topological polar surface area (TPSA) is 15.3 Å². The number of fused-ring (bicyclic) bond motifs is 5. The second-order valence-electron chi connectivity index (χ2n) is 15.8. The zero-order chi connectivity index (χ0) is 40.0. The quantitative estimate of drug-likeness (QED) is 0.165. The number of rotatable bonds is 8. The van der Waals surface area contributed by atoms with E-state index >= 15 is 0 Å². The molecule has 1 aromatic heterocycles. The van der Waals surface area contributed by atoms with Gasteiger partial charge < -0.3 is 10.2 Å². The van der Waals surface area contributed by atoms with Gasteiger partial charge in [0.05, 0.1) is 0 Å². The van der Waals surface area contributed by atoms with Gasteiger partial charge in [0.15, 0.2) is 0 Å². The van der Waals surface area contributed by atoms with Crippen LogP contribution in [-0.4, -0.2) is 0 Å². The molecular weight excluding hydrogens is 745 g/mol. The second kappa shape index (κ2) is 15.2. The van der Waals surface area contributed by atoms with Crippen LogP contribution in [0, 0.1) is 5.92 Å². The maximum atomic E-state index is 3.86. The number of allylic oxidation sites excluding steroid dienone is 1. The standard InChI is InChI=1S/C57H42N2S/c1-38-19-20-43-13-5-7-15-49(43)56(38)57-50-16-8-6-14-44(50)27-35-53(57)58-45-28-21-40(22-29-45)42-25-32-47(33-26-42)59(46-30-23-41(24-31-46)39-11-3-2-4-12-39)48-34-36-55-52(37-48)51-17-9-10-18-54(51)60-55/h2-38,56,58H,1H3. The van der Waals surface area contributed by atoms with Crippen LogP contribution >= 0.6 is 11.3 Å². The molecule has 0 spiro atoms. The van der Waals surface area contributed by atoms with E-state index in [1.165, 1.54) is 69.9 Å². The SMILES string of the molecule is CC1C=Cc2ccccc2C1c1c(Nc2ccc(-c3ccc(N(c4ccc(-c5ccccc5)cc4)c4ccc5sc6ccccc6c5c4)cc3)cc2)ccc2ccccc12. The average Bonchev–Trinajstić information content (AvgIpc) is 3.68. The van der Waals surface area contributed by atoms with Crippen molar-refractivity contribution < 1.29 is 0 Å². The van der Waals surface area contributed by atoms with E-state index in [0.29, 0.717) is 5.92 Å². The first-order chi connectivity index (χ1) is 29.6. The molecule has 10 aromatic rings. The minimum Gasteiger partial charge on any atom is -0.355 e. The molecule has 1 aliphatic carbocycles. The number of hydrogen-bond acceptors (Lipinski definition) is 3. The molecule has 0 fully saturated rings. The minimum atomic E-state index is 0.241. The first kappa shape index (κ1) is 35.9. The number of nitrogens with zero attached hydrogens (tertiary/aromatic N) is 1. The summed E-state index contributed by atoms with van der Waals surface area (Å²) in [5.41, 5.74) is 14.4. The van der Waals surface area contributed by atoms with Crippen LogP contribution < -0.4 is 10.2 Å². The Labute approximate surface area is 355 Å². The van der Waals surface area contributed by atoms with Gasteiger partial charge in [-0.15, -0.1) is 11.3 Å². The van der Waals surface area contributed by atoms with Crippen LogP contribution in [0.4, 0.5) is 28.4 Å². The molecule has 1 heterocycles. The Hall–Kier alpha value is -7.20. The summed E-state index contributed by atoms with van der Waals surface area (Å²) < 4.78 is 2.61. The smallest absolute Gasteiger partial charge is 0.0468 e. The Balaban J connectivity index is 0.918. The molecule has 0 radical (unpaired) electrons. The molecule has 0 bridgehead atoms. The predicted molar refractivity (Wildman–Crippen MR) is 259 cm³/mol. The van der Waals surface area contributed by atoms with E-state index in [2.05, 4.69) is 236 Å². The lowest BCUT2D eigenvalue weighted by Gasteiger charge is -2.31. The maximum absolute atomic E-state index is 3.86. The van der Waals surface area contributed by atoms with E-state index in [1.54, 1.807) is 0 Å². The highest BCUT2D eigenvalue weighted by Gasteiger charge is 2.28. The van der Waals surface area contributed by atoms with Crippen molar-refractivity contribution in [2.24, 2.45) is 5.92 Å². The van der Waals surface area contributed by atoms with Crippen molar-refractivity contribution in [2.45, 2.75) is 12.8 Å². The van der Waals surface area contributed by atoms with Crippen molar-refractivity contribution in [3.8, 4) is 22.3 Å². The van der Waals surface area contributed by atoms with Crippen molar-refractivity contribution >= 4 is 76.8 Å². The Morgan fingerprint density at radius 2 is 1.05 bits per heavy atom. The third kappa shape index (κ3) is 6.54. The molecule has 0 saturated carbocycles. The third-order valence-electron chi connectivity index (χ3n) is 12.2. The van der Waals surface area contributed by atoms with E-state index in [-0.39, 0.29) is 5.92 Å². The monoisotopic (exact) mass is 786 g/mol. The fourth-order valence-corrected chi connectivity index (χ4v) is 10.3. The highest BCUT2D eigenvalue weighted by molar-refractivity contribution is 7.25. The number of nitrogens with one attached hydrogen (secondary N) is 1. The van der Waals surface area contributed by atoms with Crippen LogP contribution in [0.15, 0.2) is 212 Å². The Morgan fingerprint density at radius 1 is 0.467 bits per heavy atom. The Bertz CT molecular complexity index is 3180. The Kier molecular flexibility index (Phi) is 9.10. The first-order valence-electron chi connectivity index (χ1n) is 20.8. The maximum Gasteiger partial charge on any atom is 0.0468 e. The summed E-state index contributed by atoms with van der Waals surface area (Å²) in [6.07, 6.45) is 4.65. The fourth-order valence-electron chi connectivity index (χ4n) is 9.19. The van der Waals surface area contributed by atoms with Gasteiger partial charge in [0.1, 0.15) is 0 Å². The summed E-state index contributed by atoms with van der Waals surface area (Å²) in [5.74, 6) is 0.602. The van der Waals surface area contributed by atoms with Gasteiger partial charge in [-0.2, -0.15) is 0 Å². The van der Waals surface area contributed by atoms with Gasteiger partial charge in [-0.25, -0.2) is 0 Å². The summed E-state index contributed by atoms with van der Waals surface area (Å²) in [7, 11) is 0. The van der Waals surface area contributed by atoms with E-state index < -0.39 is 0 Å². The van der Waals surface area contributed by atoms with Crippen molar-refractivity contribution in [3.63, 3.8) is 0 Å². The molecule has 1 aliphatic rings. The Morgan fingerprint density at radius 3 is 1.80 bits per heavy atom. The molecule has 0 amide bonds. The highest BCUT2D eigenvalue weighted by atomic mass is 32.1. The van der Waals surface area contributed by atoms with Crippen molar-refractivity contribution in [3.05, 3.63) is 229 Å². The average molecular weight is 787 g/mol. The third-order valence-corrected chi connectivity index (χ3v) is 13.3. The van der Waals surface area contributed by atoms with Crippen molar-refractivity contribution in [1.29, 1.82) is 0 Å². The van der Waals surface area contributed by atoms with Crippen LogP contribution in [0.1, 0.15) is 29.5 Å². The van der Waals surface area contributed by atoms with Gasteiger partial charge in [0.2, 0.25) is 0 Å². The zero-order valence-corrected chi connectivity index (χ0v) is 34.1. The van der Waals surface area contributed by atoms with Gasteiger partial charge in [0, 0.05) is 54.5 Å². The molecule has 1 N–H and O–H groups in total. The molecule has 9 aromatic carbocycles. The molecule has 0 saturated heterocycles. The van der Waals surface area contributed by atoms with Crippen LogP contribution in [0.3, 0.4) is 0 Å². The van der Waals surface area contributed by atoms with Crippen molar-refractivity contribution in [1.82, 2.24) is 0 Å². The lowest BCUT2D eigenvalue weighted by Crippen LogP contribution is -2.16. The molecular formula is C57H42N2S. The largest absolute Gasteiger partial charge is 0.355 e. The summed E-state index contributed by atoms with van der Waals surface area (Å²) in [4.78, 5) is 2.37. The fraction of sp³-hybridized carbons (Fsp3) is 0.0526. The van der Waals surface area contributed by atoms with Crippen LogP contribution in [0.25, 0.3) is 59.3 Å². The number of benzene rings is 9. The van der Waals surface area contributed by atoms with Gasteiger partial charge in [-0.1, -0.05) is 159 Å². The highest BCUT2D eigenvalue weighted by Crippen LogP contribution is 2.46. The summed E-state index contributed by atoms with van der Waals surface area (Å²) >= 11 is 1.85. The van der Waals surface area contributed by atoms with Gasteiger partial charge in [-0.05, 0) is 122 Å². The van der Waals surface area contributed by atoms with Crippen LogP contribution in [0.5, 0.6) is 0 Å². The minimum absolute atomic E-state index is 0.241. The molecule has 2 unspecified atom stereocenters. The zero-order valence-electron chi connectivity index (χ0n) is 33.3. The lowest BCUT2D eigenvalue weighted by atomic mass is 9.74. The molecule has 60 heavy (non-hydrogen) atoms. The molecule has 11 rings (SSSR count). The van der Waals surface area contributed by atoms with E-state index in [4.69, 9.17) is 0 Å². The van der Waals surface area contributed by atoms with Crippen LogP contribution in [0.2, 0.25) is 0 Å². The summed E-state index contributed by atoms with van der Waals surface area (Å²) in [6.45, 7) is 2.34. The summed E-state index contributed by atoms with van der Waals surface area (Å²) in [6, 6.07) is 75.2. The second-order valence-corrected chi connectivity index (χ2v) is 16.9. The molecule has 0 aliphatic heterocycles. The van der Waals surface area contributed by atoms with E-state index in [1.807, 2.05) is 11.3 Å². The van der Waals surface area contributed by atoms with E-state index in [9.17, 15) is 0 Å². The number of anilines is 5. The lowest BCUT2D eigenvalue weighted by molar-refractivity contribution is 0.623. The predicted octanol–water partition coefficient (Wildman–Crippen LogP) is 16.5. The normalized spacial score (nSPS) is 14.7. The van der Waals surface area contributed by atoms with E-state index in [0.717, 1.165) is 28.4 Å². The van der Waals surface area contributed by atoms with Crippen LogP contribution in [-0.2, 0) is 0 Å². The molecule has 2 atom stereocenters. The van der Waals surface area contributed by atoms with Crippen molar-refractivity contribution in [2.75, 3.05) is 10.2 Å². The first-order valence-corrected chi connectivity index (χ1v) is 21.6. The summed E-state index contributed by atoms with van der Waals surface area (Å²) in [5, 5.41) is 9.01. The number of thiophene rings is 1. The van der Waals surface area contributed by atoms with Gasteiger partial charge >= 0.3 is 0 Å². The van der Waals surface area contributed by atoms with Gasteiger partial charge in [0.25, 0.3) is 0 Å². The number of hydrogen-bond donors (Lipinski definition) is 1. The van der Waals surface area contributed by atoms with Gasteiger partial charge in [-0.3, -0.25) is 0 Å². The molecule has 2 nitrogen and oxygen atoms in total. The molecule has 286 valence electrons. The molecule has 3 heteroatoms.